The molecule has 15 heavy (non-hydrogen) atoms. The topological polar surface area (TPSA) is 12.0 Å². The molecule has 0 aromatic rings. The molecule has 1 nitrogen and oxygen atoms in total. The van der Waals surface area contributed by atoms with Gasteiger partial charge in [-0.2, -0.15) is 0 Å². The first kappa shape index (κ1) is 11.4. The fraction of sp³-hybridized carbons (Fsp3) is 1.00. The molecule has 0 radical (unpaired) electrons. The predicted molar refractivity (Wildman–Crippen MR) is 66.0 cm³/mol. The minimum atomic E-state index is 0.712. The summed E-state index contributed by atoms with van der Waals surface area (Å²) in [6, 6.07) is 0.762. The zero-order valence-corrected chi connectivity index (χ0v) is 10.5. The van der Waals surface area contributed by atoms with E-state index in [2.05, 4.69) is 19.2 Å². The highest BCUT2D eigenvalue weighted by Crippen LogP contribution is 2.55. The van der Waals surface area contributed by atoms with Crippen LogP contribution in [0.25, 0.3) is 0 Å². The van der Waals surface area contributed by atoms with Gasteiger partial charge >= 0.3 is 0 Å². The Bertz CT molecular complexity index is 190. The number of hydrogen-bond acceptors (Lipinski definition) is 1. The summed E-state index contributed by atoms with van der Waals surface area (Å²) in [4.78, 5) is 0. The van der Waals surface area contributed by atoms with Crippen LogP contribution in [0, 0.1) is 11.3 Å². The second-order valence-electron chi connectivity index (χ2n) is 5.89. The third-order valence-corrected chi connectivity index (χ3v) is 4.68. The van der Waals surface area contributed by atoms with Crippen LogP contribution >= 0.6 is 0 Å². The molecule has 0 aromatic carbocycles. The Kier molecular flexibility index (Phi) is 3.71. The first-order valence-corrected chi connectivity index (χ1v) is 7.00. The standard InChI is InChI=1S/C14H27N/c1-3-10-15-12(2)14(8-9-14)11-13-6-4-5-7-13/h12-13,15H,3-11H2,1-2H3. The van der Waals surface area contributed by atoms with Crippen LogP contribution in [0.5, 0.6) is 0 Å². The van der Waals surface area contributed by atoms with Crippen molar-refractivity contribution in [3.63, 3.8) is 0 Å². The van der Waals surface area contributed by atoms with Crippen molar-refractivity contribution in [2.45, 2.75) is 71.3 Å². The largest absolute Gasteiger partial charge is 0.314 e. The monoisotopic (exact) mass is 209 g/mol. The van der Waals surface area contributed by atoms with Crippen LogP contribution < -0.4 is 5.32 Å². The van der Waals surface area contributed by atoms with Crippen LogP contribution in [0.2, 0.25) is 0 Å². The average Bonchev–Trinajstić information content (AvgIpc) is 2.83. The van der Waals surface area contributed by atoms with Gasteiger partial charge in [0.05, 0.1) is 0 Å². The first-order valence-electron chi connectivity index (χ1n) is 7.00. The van der Waals surface area contributed by atoms with Gasteiger partial charge in [-0.3, -0.25) is 0 Å². The molecule has 0 aliphatic heterocycles. The summed E-state index contributed by atoms with van der Waals surface area (Å²) < 4.78 is 0. The summed E-state index contributed by atoms with van der Waals surface area (Å²) >= 11 is 0. The highest BCUT2D eigenvalue weighted by atomic mass is 14.9. The zero-order chi connectivity index (χ0) is 10.7. The molecular weight excluding hydrogens is 182 g/mol. The predicted octanol–water partition coefficient (Wildman–Crippen LogP) is 3.74. The molecule has 0 heterocycles. The Hall–Kier alpha value is -0.0400. The molecule has 1 unspecified atom stereocenters. The maximum Gasteiger partial charge on any atom is 0.00952 e. The van der Waals surface area contributed by atoms with Crippen LogP contribution in [-0.4, -0.2) is 12.6 Å². The lowest BCUT2D eigenvalue weighted by molar-refractivity contribution is 0.278. The van der Waals surface area contributed by atoms with Crippen LogP contribution in [-0.2, 0) is 0 Å². The molecule has 2 saturated carbocycles. The van der Waals surface area contributed by atoms with Crippen molar-refractivity contribution in [2.75, 3.05) is 6.54 Å². The van der Waals surface area contributed by atoms with Crippen molar-refractivity contribution in [3.05, 3.63) is 0 Å². The molecule has 2 rings (SSSR count). The maximum absolute atomic E-state index is 3.71. The summed E-state index contributed by atoms with van der Waals surface area (Å²) in [5.41, 5.74) is 0.712. The summed E-state index contributed by atoms with van der Waals surface area (Å²) in [5, 5.41) is 3.71. The molecule has 2 fully saturated rings. The Morgan fingerprint density at radius 2 is 1.93 bits per heavy atom. The van der Waals surface area contributed by atoms with Crippen molar-refractivity contribution in [2.24, 2.45) is 11.3 Å². The summed E-state index contributed by atoms with van der Waals surface area (Å²) in [5.74, 6) is 1.07. The lowest BCUT2D eigenvalue weighted by atomic mass is 9.85. The van der Waals surface area contributed by atoms with E-state index in [1.54, 1.807) is 0 Å². The van der Waals surface area contributed by atoms with E-state index in [1.807, 2.05) is 0 Å². The molecule has 0 spiro atoms. The van der Waals surface area contributed by atoms with Gasteiger partial charge in [0.2, 0.25) is 0 Å². The molecule has 1 atom stereocenters. The van der Waals surface area contributed by atoms with Gasteiger partial charge in [-0.25, -0.2) is 0 Å². The summed E-state index contributed by atoms with van der Waals surface area (Å²) in [6.45, 7) is 5.88. The molecule has 0 bridgehead atoms. The molecule has 88 valence electrons. The lowest BCUT2D eigenvalue weighted by Crippen LogP contribution is -2.36. The molecule has 2 aliphatic carbocycles. The lowest BCUT2D eigenvalue weighted by Gasteiger charge is -2.27. The van der Waals surface area contributed by atoms with E-state index < -0.39 is 0 Å². The second kappa shape index (κ2) is 4.86. The van der Waals surface area contributed by atoms with E-state index in [1.165, 1.54) is 57.9 Å². The summed E-state index contributed by atoms with van der Waals surface area (Å²) in [6.07, 6.45) is 11.8. The number of hydrogen-bond donors (Lipinski definition) is 1. The maximum atomic E-state index is 3.71. The van der Waals surface area contributed by atoms with Crippen LogP contribution in [0.4, 0.5) is 0 Å². The van der Waals surface area contributed by atoms with E-state index in [9.17, 15) is 0 Å². The van der Waals surface area contributed by atoms with Crippen molar-refractivity contribution in [1.29, 1.82) is 0 Å². The van der Waals surface area contributed by atoms with Gasteiger partial charge in [0.25, 0.3) is 0 Å². The fourth-order valence-electron chi connectivity index (χ4n) is 3.34. The summed E-state index contributed by atoms with van der Waals surface area (Å²) in [7, 11) is 0. The normalized spacial score (nSPS) is 26.8. The van der Waals surface area contributed by atoms with Crippen molar-refractivity contribution < 1.29 is 0 Å². The highest BCUT2D eigenvalue weighted by Gasteiger charge is 2.48. The SMILES string of the molecule is CCCNC(C)C1(CC2CCCC2)CC1. The fourth-order valence-corrected chi connectivity index (χ4v) is 3.34. The van der Waals surface area contributed by atoms with Gasteiger partial charge < -0.3 is 5.32 Å². The number of nitrogens with one attached hydrogen (secondary N) is 1. The molecule has 0 amide bonds. The Balaban J connectivity index is 1.78. The minimum absolute atomic E-state index is 0.712. The quantitative estimate of drug-likeness (QED) is 0.703. The van der Waals surface area contributed by atoms with E-state index in [0.717, 1.165) is 12.0 Å². The minimum Gasteiger partial charge on any atom is -0.314 e. The van der Waals surface area contributed by atoms with Crippen LogP contribution in [0.15, 0.2) is 0 Å². The third-order valence-electron chi connectivity index (χ3n) is 4.68. The van der Waals surface area contributed by atoms with Gasteiger partial charge in [-0.05, 0) is 50.5 Å². The van der Waals surface area contributed by atoms with Crippen molar-refractivity contribution in [3.8, 4) is 0 Å². The van der Waals surface area contributed by atoms with Crippen LogP contribution in [0.3, 0.4) is 0 Å². The van der Waals surface area contributed by atoms with Crippen molar-refractivity contribution >= 4 is 0 Å². The highest BCUT2D eigenvalue weighted by molar-refractivity contribution is 5.01. The Labute approximate surface area is 95.0 Å². The van der Waals surface area contributed by atoms with E-state index in [0.29, 0.717) is 5.41 Å². The smallest absolute Gasteiger partial charge is 0.00952 e. The Morgan fingerprint density at radius 1 is 1.27 bits per heavy atom. The van der Waals surface area contributed by atoms with Gasteiger partial charge in [0, 0.05) is 6.04 Å². The molecule has 0 aromatic heterocycles. The van der Waals surface area contributed by atoms with Gasteiger partial charge in [-0.1, -0.05) is 32.6 Å². The molecule has 1 N–H and O–H groups in total. The molecule has 0 saturated heterocycles. The van der Waals surface area contributed by atoms with Gasteiger partial charge in [0.1, 0.15) is 0 Å². The van der Waals surface area contributed by atoms with Crippen LogP contribution in [0.1, 0.15) is 65.2 Å². The van der Waals surface area contributed by atoms with Crippen molar-refractivity contribution in [1.82, 2.24) is 5.32 Å². The van der Waals surface area contributed by atoms with E-state index >= 15 is 0 Å². The zero-order valence-electron chi connectivity index (χ0n) is 10.5. The average molecular weight is 209 g/mol. The molecule has 2 aliphatic rings. The molecular formula is C14H27N. The van der Waals surface area contributed by atoms with E-state index in [-0.39, 0.29) is 0 Å². The third kappa shape index (κ3) is 2.75. The second-order valence-corrected chi connectivity index (χ2v) is 5.89. The first-order chi connectivity index (χ1) is 7.27. The van der Waals surface area contributed by atoms with Gasteiger partial charge in [-0.15, -0.1) is 0 Å². The number of rotatable bonds is 6. The van der Waals surface area contributed by atoms with Gasteiger partial charge in [0.15, 0.2) is 0 Å². The Morgan fingerprint density at radius 3 is 2.47 bits per heavy atom. The molecule has 1 heteroatoms. The van der Waals surface area contributed by atoms with E-state index in [4.69, 9.17) is 0 Å².